The van der Waals surface area contributed by atoms with Crippen molar-refractivity contribution in [1.29, 1.82) is 0 Å². The zero-order chi connectivity index (χ0) is 21.1. The van der Waals surface area contributed by atoms with Crippen molar-refractivity contribution in [2.45, 2.75) is 17.7 Å². The number of nitrogens with zero attached hydrogens (tertiary/aromatic N) is 2. The minimum absolute atomic E-state index is 0.0815. The number of hydrogen-bond donors (Lipinski definition) is 0. The van der Waals surface area contributed by atoms with Crippen molar-refractivity contribution >= 4 is 15.8 Å². The Kier molecular flexibility index (Phi) is 5.74. The molecule has 1 fully saturated rings. The predicted octanol–water partition coefficient (Wildman–Crippen LogP) is 4.17. The number of hydrogen-bond acceptors (Lipinski definition) is 4. The molecular formula is C23H21FN2O3S. The van der Waals surface area contributed by atoms with Gasteiger partial charge in [-0.3, -0.25) is 9.78 Å². The summed E-state index contributed by atoms with van der Waals surface area (Å²) in [6.45, 7) is 0.431. The number of Topliss-reactive ketones (excluding diaryl/α,β-unsaturated/α-hetero) is 1. The van der Waals surface area contributed by atoms with E-state index >= 15 is 0 Å². The molecule has 2 heterocycles. The molecule has 154 valence electrons. The van der Waals surface area contributed by atoms with Gasteiger partial charge in [0.05, 0.1) is 0 Å². The number of pyridine rings is 1. The van der Waals surface area contributed by atoms with E-state index in [0.717, 1.165) is 5.56 Å². The summed E-state index contributed by atoms with van der Waals surface area (Å²) < 4.78 is 41.7. The second-order valence-corrected chi connectivity index (χ2v) is 9.25. The van der Waals surface area contributed by atoms with E-state index in [1.54, 1.807) is 18.2 Å². The molecule has 0 radical (unpaired) electrons. The Hall–Kier alpha value is -2.90. The van der Waals surface area contributed by atoms with Gasteiger partial charge in [0.2, 0.25) is 10.0 Å². The lowest BCUT2D eigenvalue weighted by atomic mass is 9.90. The largest absolute Gasteiger partial charge is 0.294 e. The normalized spacial score (nSPS) is 17.6. The molecule has 30 heavy (non-hydrogen) atoms. The molecule has 0 amide bonds. The van der Waals surface area contributed by atoms with E-state index in [1.165, 1.54) is 28.8 Å². The van der Waals surface area contributed by atoms with Crippen LogP contribution in [0.15, 0.2) is 78.0 Å². The Bertz CT molecular complexity index is 1150. The van der Waals surface area contributed by atoms with E-state index in [4.69, 9.17) is 0 Å². The highest BCUT2D eigenvalue weighted by Gasteiger charge is 2.34. The minimum atomic E-state index is -3.72. The highest BCUT2D eigenvalue weighted by Crippen LogP contribution is 2.28. The number of rotatable bonds is 5. The molecule has 1 aliphatic rings. The number of ketones is 1. The molecule has 0 aliphatic carbocycles. The molecule has 1 aliphatic heterocycles. The maximum Gasteiger partial charge on any atom is 0.244 e. The van der Waals surface area contributed by atoms with Crippen molar-refractivity contribution in [1.82, 2.24) is 9.29 Å². The average molecular weight is 424 g/mol. The van der Waals surface area contributed by atoms with E-state index in [-0.39, 0.29) is 22.8 Å². The molecule has 0 N–H and O–H groups in total. The molecule has 0 saturated carbocycles. The summed E-state index contributed by atoms with van der Waals surface area (Å²) in [5.74, 6) is -1.21. The fourth-order valence-electron chi connectivity index (χ4n) is 3.78. The maximum absolute atomic E-state index is 14.7. The molecule has 0 spiro atoms. The van der Waals surface area contributed by atoms with Gasteiger partial charge in [-0.2, -0.15) is 4.31 Å². The zero-order valence-corrected chi connectivity index (χ0v) is 17.1. The van der Waals surface area contributed by atoms with E-state index in [1.807, 2.05) is 30.3 Å². The number of carbonyl (C=O) groups is 1. The lowest BCUT2D eigenvalue weighted by Crippen LogP contribution is -2.42. The number of sulfonamides is 1. The van der Waals surface area contributed by atoms with Gasteiger partial charge >= 0.3 is 0 Å². The van der Waals surface area contributed by atoms with Crippen LogP contribution in [-0.2, 0) is 10.0 Å². The summed E-state index contributed by atoms with van der Waals surface area (Å²) in [6, 6.07) is 16.6. The van der Waals surface area contributed by atoms with Crippen LogP contribution in [0.4, 0.5) is 4.39 Å². The number of carbonyl (C=O) groups excluding carboxylic acids is 1. The molecule has 1 saturated heterocycles. The van der Waals surface area contributed by atoms with Crippen molar-refractivity contribution in [2.24, 2.45) is 5.92 Å². The van der Waals surface area contributed by atoms with Crippen LogP contribution < -0.4 is 0 Å². The Morgan fingerprint density at radius 1 is 1.07 bits per heavy atom. The van der Waals surface area contributed by atoms with Gasteiger partial charge < -0.3 is 0 Å². The van der Waals surface area contributed by atoms with Crippen molar-refractivity contribution in [2.75, 3.05) is 13.1 Å². The van der Waals surface area contributed by atoms with Crippen LogP contribution in [0.25, 0.3) is 11.1 Å². The lowest BCUT2D eigenvalue weighted by Gasteiger charge is -2.31. The molecular weight excluding hydrogens is 403 g/mol. The molecule has 0 unspecified atom stereocenters. The van der Waals surface area contributed by atoms with Gasteiger partial charge in [0.15, 0.2) is 5.78 Å². The second-order valence-electron chi connectivity index (χ2n) is 7.32. The SMILES string of the molecule is O=C(c1ccc(-c2ccccc2)c(F)c1)[C@H]1CCCN(S(=O)(=O)c2cccnc2)C1. The monoisotopic (exact) mass is 424 g/mol. The van der Waals surface area contributed by atoms with Crippen LogP contribution in [0.1, 0.15) is 23.2 Å². The molecule has 7 heteroatoms. The fraction of sp³-hybridized carbons (Fsp3) is 0.217. The first-order valence-electron chi connectivity index (χ1n) is 9.76. The average Bonchev–Trinajstić information content (AvgIpc) is 2.80. The summed E-state index contributed by atoms with van der Waals surface area (Å²) in [6.07, 6.45) is 3.95. The highest BCUT2D eigenvalue weighted by atomic mass is 32.2. The Labute approximate surface area is 175 Å². The molecule has 0 bridgehead atoms. The molecule has 1 atom stereocenters. The van der Waals surface area contributed by atoms with E-state index in [2.05, 4.69) is 4.98 Å². The smallest absolute Gasteiger partial charge is 0.244 e. The Morgan fingerprint density at radius 3 is 2.57 bits per heavy atom. The first kappa shape index (κ1) is 20.4. The summed E-state index contributed by atoms with van der Waals surface area (Å²) in [5.41, 5.74) is 1.43. The lowest BCUT2D eigenvalue weighted by molar-refractivity contribution is 0.0872. The first-order chi connectivity index (χ1) is 14.5. The van der Waals surface area contributed by atoms with Crippen molar-refractivity contribution in [3.63, 3.8) is 0 Å². The quantitative estimate of drug-likeness (QED) is 0.577. The van der Waals surface area contributed by atoms with Gasteiger partial charge in [-0.1, -0.05) is 42.5 Å². The van der Waals surface area contributed by atoms with Crippen molar-refractivity contribution in [3.05, 3.63) is 84.4 Å². The Morgan fingerprint density at radius 2 is 1.87 bits per heavy atom. The predicted molar refractivity (Wildman–Crippen MR) is 112 cm³/mol. The number of halogens is 1. The van der Waals surface area contributed by atoms with Crippen molar-refractivity contribution in [3.8, 4) is 11.1 Å². The standard InChI is InChI=1S/C23H21FN2O3S/c24-22-14-18(10-11-21(22)17-6-2-1-3-7-17)23(27)19-8-5-13-26(16-19)30(28,29)20-9-4-12-25-15-20/h1-4,6-7,9-12,14-15,19H,5,8,13,16H2/t19-/m0/s1. The van der Waals surface area contributed by atoms with Gasteiger partial charge in [-0.15, -0.1) is 0 Å². The minimum Gasteiger partial charge on any atom is -0.294 e. The summed E-state index contributed by atoms with van der Waals surface area (Å²) in [7, 11) is -3.72. The summed E-state index contributed by atoms with van der Waals surface area (Å²) in [5, 5.41) is 0. The third kappa shape index (κ3) is 4.04. The van der Waals surface area contributed by atoms with Crippen LogP contribution in [0.3, 0.4) is 0 Å². The first-order valence-corrected chi connectivity index (χ1v) is 11.2. The van der Waals surface area contributed by atoms with Gasteiger partial charge in [-0.25, -0.2) is 12.8 Å². The van der Waals surface area contributed by atoms with E-state index in [9.17, 15) is 17.6 Å². The van der Waals surface area contributed by atoms with E-state index in [0.29, 0.717) is 24.9 Å². The fourth-order valence-corrected chi connectivity index (χ4v) is 5.27. The van der Waals surface area contributed by atoms with Crippen LogP contribution in [0.2, 0.25) is 0 Å². The Balaban J connectivity index is 1.54. The molecule has 5 nitrogen and oxygen atoms in total. The third-order valence-electron chi connectivity index (χ3n) is 5.37. The number of aromatic nitrogens is 1. The van der Waals surface area contributed by atoms with Gasteiger partial charge in [0.1, 0.15) is 10.7 Å². The summed E-state index contributed by atoms with van der Waals surface area (Å²) >= 11 is 0. The molecule has 3 aromatic rings. The van der Waals surface area contributed by atoms with Gasteiger partial charge in [0, 0.05) is 42.5 Å². The molecule has 2 aromatic carbocycles. The number of piperidine rings is 1. The number of benzene rings is 2. The molecule has 4 rings (SSSR count). The third-order valence-corrected chi connectivity index (χ3v) is 7.21. The maximum atomic E-state index is 14.7. The second kappa shape index (κ2) is 8.45. The van der Waals surface area contributed by atoms with Crippen LogP contribution in [0.5, 0.6) is 0 Å². The van der Waals surface area contributed by atoms with Crippen LogP contribution in [0, 0.1) is 11.7 Å². The van der Waals surface area contributed by atoms with E-state index < -0.39 is 21.8 Å². The van der Waals surface area contributed by atoms with Crippen LogP contribution >= 0.6 is 0 Å². The topological polar surface area (TPSA) is 67.3 Å². The van der Waals surface area contributed by atoms with Crippen LogP contribution in [-0.4, -0.2) is 36.6 Å². The van der Waals surface area contributed by atoms with Gasteiger partial charge in [-0.05, 0) is 36.6 Å². The molecule has 1 aromatic heterocycles. The van der Waals surface area contributed by atoms with Gasteiger partial charge in [0.25, 0.3) is 0 Å². The highest BCUT2D eigenvalue weighted by molar-refractivity contribution is 7.89. The zero-order valence-electron chi connectivity index (χ0n) is 16.2. The van der Waals surface area contributed by atoms with Crippen molar-refractivity contribution < 1.29 is 17.6 Å². The summed E-state index contributed by atoms with van der Waals surface area (Å²) in [4.78, 5) is 17.0.